The number of piperidine rings is 1. The van der Waals surface area contributed by atoms with Crippen molar-refractivity contribution >= 4 is 23.0 Å². The zero-order valence-electron chi connectivity index (χ0n) is 16.5. The van der Waals surface area contributed by atoms with Crippen molar-refractivity contribution in [1.82, 2.24) is 9.97 Å². The minimum absolute atomic E-state index is 0.554. The first-order valence-corrected chi connectivity index (χ1v) is 10.4. The Morgan fingerprint density at radius 2 is 1.59 bits per heavy atom. The van der Waals surface area contributed by atoms with Crippen molar-refractivity contribution in [2.45, 2.75) is 58.4 Å². The molecule has 0 bridgehead atoms. The molecule has 2 N–H and O–H groups in total. The highest BCUT2D eigenvalue weighted by Crippen LogP contribution is 2.26. The van der Waals surface area contributed by atoms with Crippen LogP contribution in [0.5, 0.6) is 0 Å². The van der Waals surface area contributed by atoms with E-state index in [-0.39, 0.29) is 0 Å². The number of hydrogen-bond acceptors (Lipinski definition) is 5. The average Bonchev–Trinajstić information content (AvgIpc) is 3.16. The molecule has 1 aliphatic carbocycles. The summed E-state index contributed by atoms with van der Waals surface area (Å²) in [6.45, 7) is 6.62. The molecule has 4 rings (SSSR count). The lowest BCUT2D eigenvalue weighted by Crippen LogP contribution is -2.32. The molecule has 5 heteroatoms. The Hall–Kier alpha value is -2.30. The smallest absolute Gasteiger partial charge is 0.136 e. The molecule has 1 saturated heterocycles. The summed E-state index contributed by atoms with van der Waals surface area (Å²) in [5, 5.41) is 7.00. The Labute approximate surface area is 162 Å². The Morgan fingerprint density at radius 1 is 0.926 bits per heavy atom. The normalized spacial score (nSPS) is 18.7. The summed E-state index contributed by atoms with van der Waals surface area (Å²) < 4.78 is 0. The van der Waals surface area contributed by atoms with Crippen molar-refractivity contribution in [3.8, 4) is 0 Å². The molecular formula is C22H31N5. The maximum atomic E-state index is 4.55. The molecular weight excluding hydrogens is 334 g/mol. The lowest BCUT2D eigenvalue weighted by molar-refractivity contribution is 0.438. The first-order valence-electron chi connectivity index (χ1n) is 10.4. The highest BCUT2D eigenvalue weighted by molar-refractivity contribution is 5.62. The van der Waals surface area contributed by atoms with Crippen LogP contribution < -0.4 is 15.5 Å². The number of aromatic nitrogens is 2. The predicted octanol–water partition coefficient (Wildman–Crippen LogP) is 5.12. The predicted molar refractivity (Wildman–Crippen MR) is 113 cm³/mol. The van der Waals surface area contributed by atoms with Gasteiger partial charge in [-0.2, -0.15) is 0 Å². The van der Waals surface area contributed by atoms with Crippen LogP contribution in [0.25, 0.3) is 0 Å². The lowest BCUT2D eigenvalue weighted by atomic mass is 9.99. The van der Waals surface area contributed by atoms with Crippen LogP contribution in [0.2, 0.25) is 0 Å². The molecule has 0 amide bonds. The summed E-state index contributed by atoms with van der Waals surface area (Å²) in [5.41, 5.74) is 2.38. The topological polar surface area (TPSA) is 53.1 Å². The van der Waals surface area contributed by atoms with Crippen molar-refractivity contribution in [2.75, 3.05) is 28.6 Å². The number of anilines is 4. The Kier molecular flexibility index (Phi) is 5.46. The van der Waals surface area contributed by atoms with E-state index in [4.69, 9.17) is 0 Å². The number of rotatable bonds is 5. The van der Waals surface area contributed by atoms with E-state index >= 15 is 0 Å². The minimum atomic E-state index is 0.554. The minimum Gasteiger partial charge on any atom is -0.372 e. The molecule has 2 aromatic rings. The molecule has 0 radical (unpaired) electrons. The van der Waals surface area contributed by atoms with Gasteiger partial charge in [0.15, 0.2) is 0 Å². The van der Waals surface area contributed by atoms with Gasteiger partial charge >= 0.3 is 0 Å². The summed E-state index contributed by atoms with van der Waals surface area (Å²) in [7, 11) is 0. The number of hydrogen-bond donors (Lipinski definition) is 2. The maximum absolute atomic E-state index is 4.55. The first kappa shape index (κ1) is 18.1. The molecule has 5 nitrogen and oxygen atoms in total. The van der Waals surface area contributed by atoms with Crippen LogP contribution in [0.15, 0.2) is 30.3 Å². The molecule has 1 aromatic carbocycles. The Balaban J connectivity index is 1.41. The largest absolute Gasteiger partial charge is 0.372 e. The standard InChI is InChI=1S/C22H31N5/c1-16-11-13-27(14-12-16)20-9-7-19(8-10-20)26-22-15-21(23-17(2)24-22)25-18-5-3-4-6-18/h7-10,15-16,18H,3-6,11-14H2,1-2H3,(H2,23,24,25,26). The second-order valence-electron chi connectivity index (χ2n) is 8.15. The van der Waals surface area contributed by atoms with Gasteiger partial charge in [0.1, 0.15) is 17.5 Å². The lowest BCUT2D eigenvalue weighted by Gasteiger charge is -2.32. The summed E-state index contributed by atoms with van der Waals surface area (Å²) >= 11 is 0. The zero-order valence-corrected chi connectivity index (χ0v) is 16.5. The zero-order chi connectivity index (χ0) is 18.6. The van der Waals surface area contributed by atoms with Gasteiger partial charge in [-0.3, -0.25) is 0 Å². The Morgan fingerprint density at radius 3 is 2.30 bits per heavy atom. The summed E-state index contributed by atoms with van der Waals surface area (Å²) in [6, 6.07) is 11.3. The van der Waals surface area contributed by atoms with E-state index in [1.807, 2.05) is 13.0 Å². The summed E-state index contributed by atoms with van der Waals surface area (Å²) in [4.78, 5) is 11.6. The third kappa shape index (κ3) is 4.71. The fourth-order valence-electron chi connectivity index (χ4n) is 4.16. The fraction of sp³-hybridized carbons (Fsp3) is 0.545. The first-order chi connectivity index (χ1) is 13.2. The van der Waals surface area contributed by atoms with Crippen molar-refractivity contribution in [3.63, 3.8) is 0 Å². The van der Waals surface area contributed by atoms with Gasteiger partial charge in [-0.15, -0.1) is 0 Å². The second kappa shape index (κ2) is 8.15. The summed E-state index contributed by atoms with van der Waals surface area (Å²) in [6.07, 6.45) is 7.68. The van der Waals surface area contributed by atoms with E-state index in [1.54, 1.807) is 0 Å². The Bertz CT molecular complexity index is 744. The SMILES string of the molecule is Cc1nc(Nc2ccc(N3CCC(C)CC3)cc2)cc(NC2CCCC2)n1. The molecule has 2 aliphatic rings. The van der Waals surface area contributed by atoms with Gasteiger partial charge in [0, 0.05) is 36.6 Å². The number of benzene rings is 1. The van der Waals surface area contributed by atoms with Gasteiger partial charge in [0.25, 0.3) is 0 Å². The molecule has 0 unspecified atom stereocenters. The fourth-order valence-corrected chi connectivity index (χ4v) is 4.16. The van der Waals surface area contributed by atoms with Crippen LogP contribution in [-0.4, -0.2) is 29.1 Å². The van der Waals surface area contributed by atoms with E-state index in [9.17, 15) is 0 Å². The van der Waals surface area contributed by atoms with Gasteiger partial charge in [-0.05, 0) is 62.8 Å². The molecule has 2 heterocycles. The van der Waals surface area contributed by atoms with E-state index in [0.29, 0.717) is 6.04 Å². The van der Waals surface area contributed by atoms with Gasteiger partial charge < -0.3 is 15.5 Å². The van der Waals surface area contributed by atoms with E-state index in [1.165, 1.54) is 44.2 Å². The van der Waals surface area contributed by atoms with Crippen molar-refractivity contribution in [3.05, 3.63) is 36.2 Å². The van der Waals surface area contributed by atoms with Gasteiger partial charge in [-0.1, -0.05) is 19.8 Å². The van der Waals surface area contributed by atoms with Crippen molar-refractivity contribution < 1.29 is 0 Å². The molecule has 0 spiro atoms. The molecule has 1 aromatic heterocycles. The molecule has 27 heavy (non-hydrogen) atoms. The quantitative estimate of drug-likeness (QED) is 0.770. The van der Waals surface area contributed by atoms with E-state index in [0.717, 1.165) is 42.2 Å². The molecule has 1 aliphatic heterocycles. The second-order valence-corrected chi connectivity index (χ2v) is 8.15. The van der Waals surface area contributed by atoms with Crippen LogP contribution >= 0.6 is 0 Å². The number of nitrogens with zero attached hydrogens (tertiary/aromatic N) is 3. The third-order valence-corrected chi connectivity index (χ3v) is 5.83. The van der Waals surface area contributed by atoms with Gasteiger partial charge in [0.2, 0.25) is 0 Å². The molecule has 1 saturated carbocycles. The van der Waals surface area contributed by atoms with Crippen LogP contribution in [0.1, 0.15) is 51.3 Å². The van der Waals surface area contributed by atoms with Crippen LogP contribution in [0.3, 0.4) is 0 Å². The van der Waals surface area contributed by atoms with Gasteiger partial charge in [0.05, 0.1) is 0 Å². The third-order valence-electron chi connectivity index (χ3n) is 5.83. The van der Waals surface area contributed by atoms with Crippen LogP contribution in [-0.2, 0) is 0 Å². The highest BCUT2D eigenvalue weighted by Gasteiger charge is 2.17. The van der Waals surface area contributed by atoms with Crippen LogP contribution in [0.4, 0.5) is 23.0 Å². The molecule has 144 valence electrons. The average molecular weight is 366 g/mol. The van der Waals surface area contributed by atoms with E-state index < -0.39 is 0 Å². The van der Waals surface area contributed by atoms with Crippen LogP contribution in [0, 0.1) is 12.8 Å². The highest BCUT2D eigenvalue weighted by atomic mass is 15.1. The molecule has 0 atom stereocenters. The maximum Gasteiger partial charge on any atom is 0.136 e. The van der Waals surface area contributed by atoms with Crippen molar-refractivity contribution in [1.29, 1.82) is 0 Å². The number of aryl methyl sites for hydroxylation is 1. The summed E-state index contributed by atoms with van der Waals surface area (Å²) in [5.74, 6) is 3.42. The van der Waals surface area contributed by atoms with E-state index in [2.05, 4.69) is 56.7 Å². The molecule has 2 fully saturated rings. The van der Waals surface area contributed by atoms with Crippen molar-refractivity contribution in [2.24, 2.45) is 5.92 Å². The number of nitrogens with one attached hydrogen (secondary N) is 2. The van der Waals surface area contributed by atoms with Gasteiger partial charge in [-0.25, -0.2) is 9.97 Å². The monoisotopic (exact) mass is 365 g/mol.